The summed E-state index contributed by atoms with van der Waals surface area (Å²) in [7, 11) is 0. The van der Waals surface area contributed by atoms with Crippen LogP contribution >= 0.6 is 11.6 Å². The number of fused-ring (bicyclic) bond motifs is 1. The van der Waals surface area contributed by atoms with Crippen molar-refractivity contribution in [3.05, 3.63) is 64.8 Å². The zero-order valence-electron chi connectivity index (χ0n) is 15.7. The van der Waals surface area contributed by atoms with Crippen LogP contribution in [0.5, 0.6) is 0 Å². The van der Waals surface area contributed by atoms with E-state index in [0.29, 0.717) is 0 Å². The van der Waals surface area contributed by atoms with Crippen molar-refractivity contribution in [1.29, 1.82) is 0 Å². The third kappa shape index (κ3) is 3.47. The maximum atomic E-state index is 13.1. The number of hydrogen-bond donors (Lipinski definition) is 1. The number of ketones is 1. The molecular weight excluding hydrogens is 358 g/mol. The number of nitrogens with one attached hydrogen (secondary N) is 1. The molecule has 2 heterocycles. The molecule has 1 aliphatic rings. The van der Waals surface area contributed by atoms with E-state index in [2.05, 4.69) is 27.8 Å². The lowest BCUT2D eigenvalue weighted by atomic mass is 10.0. The van der Waals surface area contributed by atoms with Gasteiger partial charge in [0.2, 0.25) is 0 Å². The molecule has 1 fully saturated rings. The Bertz CT molecular complexity index is 973. The molecule has 0 amide bonds. The fraction of sp³-hybridized carbons (Fsp3) is 0.318. The molecule has 1 saturated heterocycles. The summed E-state index contributed by atoms with van der Waals surface area (Å²) in [5, 5.41) is 1.77. The zero-order valence-corrected chi connectivity index (χ0v) is 16.5. The standard InChI is InChI=1S/C22H24ClN3O/c1-15-7-8-17(23)13-21(15)26-11-9-25(10-12-26)16(2)22(27)19-14-24-20-6-4-3-5-18(19)20/h3-8,13-14,16,24H,9-12H2,1-2H3/t16-/m1/s1. The molecule has 27 heavy (non-hydrogen) atoms. The number of para-hydroxylation sites is 1. The molecule has 1 N–H and O–H groups in total. The van der Waals surface area contributed by atoms with E-state index >= 15 is 0 Å². The highest BCUT2D eigenvalue weighted by Gasteiger charge is 2.28. The van der Waals surface area contributed by atoms with Crippen molar-refractivity contribution in [2.24, 2.45) is 0 Å². The predicted molar refractivity (Wildman–Crippen MR) is 112 cm³/mol. The number of aromatic amines is 1. The molecule has 0 saturated carbocycles. The van der Waals surface area contributed by atoms with E-state index in [9.17, 15) is 4.79 Å². The van der Waals surface area contributed by atoms with Gasteiger partial charge in [0.15, 0.2) is 5.78 Å². The molecule has 140 valence electrons. The number of piperazine rings is 1. The minimum absolute atomic E-state index is 0.133. The van der Waals surface area contributed by atoms with Crippen LogP contribution in [-0.4, -0.2) is 47.9 Å². The average molecular weight is 382 g/mol. The first-order chi connectivity index (χ1) is 13.0. The fourth-order valence-corrected chi connectivity index (χ4v) is 4.11. The van der Waals surface area contributed by atoms with Crippen molar-refractivity contribution >= 4 is 34.0 Å². The molecule has 0 spiro atoms. The lowest BCUT2D eigenvalue weighted by Crippen LogP contribution is -2.51. The van der Waals surface area contributed by atoms with E-state index in [1.165, 1.54) is 11.3 Å². The number of anilines is 1. The number of H-pyrrole nitrogens is 1. The number of nitrogens with zero attached hydrogens (tertiary/aromatic N) is 2. The van der Waals surface area contributed by atoms with Crippen LogP contribution in [0.4, 0.5) is 5.69 Å². The topological polar surface area (TPSA) is 39.3 Å². The largest absolute Gasteiger partial charge is 0.369 e. The Hall–Kier alpha value is -2.30. The monoisotopic (exact) mass is 381 g/mol. The van der Waals surface area contributed by atoms with Gasteiger partial charge in [0.25, 0.3) is 0 Å². The van der Waals surface area contributed by atoms with E-state index < -0.39 is 0 Å². The Morgan fingerprint density at radius 1 is 1.11 bits per heavy atom. The van der Waals surface area contributed by atoms with Crippen LogP contribution in [0.1, 0.15) is 22.8 Å². The summed E-state index contributed by atoms with van der Waals surface area (Å²) in [5.74, 6) is 0.180. The second-order valence-electron chi connectivity index (χ2n) is 7.24. The highest BCUT2D eigenvalue weighted by Crippen LogP contribution is 2.26. The van der Waals surface area contributed by atoms with Crippen LogP contribution < -0.4 is 4.90 Å². The predicted octanol–water partition coefficient (Wildman–Crippen LogP) is 4.52. The van der Waals surface area contributed by atoms with Crippen molar-refractivity contribution in [3.8, 4) is 0 Å². The van der Waals surface area contributed by atoms with Gasteiger partial charge in [-0.2, -0.15) is 0 Å². The van der Waals surface area contributed by atoms with Crippen LogP contribution in [-0.2, 0) is 0 Å². The molecule has 1 atom stereocenters. The second-order valence-corrected chi connectivity index (χ2v) is 7.68. The zero-order chi connectivity index (χ0) is 19.0. The summed E-state index contributed by atoms with van der Waals surface area (Å²) in [4.78, 5) is 20.9. The number of carbonyl (C=O) groups is 1. The molecule has 0 radical (unpaired) electrons. The number of Topliss-reactive ketones (excluding diaryl/α,β-unsaturated/α-hetero) is 1. The molecule has 0 bridgehead atoms. The summed E-state index contributed by atoms with van der Waals surface area (Å²) in [6.07, 6.45) is 1.84. The van der Waals surface area contributed by atoms with E-state index in [4.69, 9.17) is 11.6 Å². The van der Waals surface area contributed by atoms with Gasteiger partial charge in [0.1, 0.15) is 0 Å². The van der Waals surface area contributed by atoms with Crippen molar-refractivity contribution in [2.75, 3.05) is 31.1 Å². The maximum Gasteiger partial charge on any atom is 0.181 e. The fourth-order valence-electron chi connectivity index (χ4n) is 3.94. The normalized spacial score (nSPS) is 16.6. The van der Waals surface area contributed by atoms with Crippen molar-refractivity contribution in [2.45, 2.75) is 19.9 Å². The van der Waals surface area contributed by atoms with Gasteiger partial charge in [-0.05, 0) is 37.6 Å². The number of aryl methyl sites for hydroxylation is 1. The van der Waals surface area contributed by atoms with E-state index in [-0.39, 0.29) is 11.8 Å². The van der Waals surface area contributed by atoms with Crippen LogP contribution in [0.25, 0.3) is 10.9 Å². The first-order valence-electron chi connectivity index (χ1n) is 9.40. The minimum Gasteiger partial charge on any atom is -0.369 e. The van der Waals surface area contributed by atoms with Gasteiger partial charge >= 0.3 is 0 Å². The summed E-state index contributed by atoms with van der Waals surface area (Å²) >= 11 is 6.18. The summed E-state index contributed by atoms with van der Waals surface area (Å²) in [6, 6.07) is 13.9. The van der Waals surface area contributed by atoms with Crippen LogP contribution in [0.15, 0.2) is 48.7 Å². The lowest BCUT2D eigenvalue weighted by Gasteiger charge is -2.39. The first-order valence-corrected chi connectivity index (χ1v) is 9.78. The number of rotatable bonds is 4. The molecule has 2 aromatic carbocycles. The highest BCUT2D eigenvalue weighted by molar-refractivity contribution is 6.30. The van der Waals surface area contributed by atoms with Crippen LogP contribution in [0.3, 0.4) is 0 Å². The summed E-state index contributed by atoms with van der Waals surface area (Å²) < 4.78 is 0. The lowest BCUT2D eigenvalue weighted by molar-refractivity contribution is 0.0831. The third-order valence-electron chi connectivity index (χ3n) is 5.61. The molecule has 0 unspecified atom stereocenters. The van der Waals surface area contributed by atoms with E-state index in [1.807, 2.05) is 49.5 Å². The second kappa shape index (κ2) is 7.37. The molecule has 4 rings (SSSR count). The van der Waals surface area contributed by atoms with Crippen molar-refractivity contribution in [3.63, 3.8) is 0 Å². The Balaban J connectivity index is 1.46. The number of halogens is 1. The highest BCUT2D eigenvalue weighted by atomic mass is 35.5. The summed E-state index contributed by atoms with van der Waals surface area (Å²) in [6.45, 7) is 7.65. The van der Waals surface area contributed by atoms with Gasteiger partial charge in [-0.15, -0.1) is 0 Å². The number of hydrogen-bond acceptors (Lipinski definition) is 3. The van der Waals surface area contributed by atoms with Crippen LogP contribution in [0, 0.1) is 6.92 Å². The Morgan fingerprint density at radius 3 is 2.63 bits per heavy atom. The smallest absolute Gasteiger partial charge is 0.181 e. The quantitative estimate of drug-likeness (QED) is 0.675. The molecule has 0 aliphatic carbocycles. The molecule has 5 heteroatoms. The SMILES string of the molecule is Cc1ccc(Cl)cc1N1CCN([C@H](C)C(=O)c2c[nH]c3ccccc23)CC1. The van der Waals surface area contributed by atoms with Gasteiger partial charge in [-0.1, -0.05) is 35.9 Å². The maximum absolute atomic E-state index is 13.1. The average Bonchev–Trinajstić information content (AvgIpc) is 3.13. The Morgan fingerprint density at radius 2 is 1.85 bits per heavy atom. The minimum atomic E-state index is -0.133. The molecule has 3 aromatic rings. The molecular formula is C22H24ClN3O. The van der Waals surface area contributed by atoms with Gasteiger partial charge in [0.05, 0.1) is 6.04 Å². The van der Waals surface area contributed by atoms with Crippen molar-refractivity contribution in [1.82, 2.24) is 9.88 Å². The first kappa shape index (κ1) is 18.1. The molecule has 4 nitrogen and oxygen atoms in total. The van der Waals surface area contributed by atoms with Gasteiger partial charge in [0, 0.05) is 59.6 Å². The van der Waals surface area contributed by atoms with Crippen molar-refractivity contribution < 1.29 is 4.79 Å². The van der Waals surface area contributed by atoms with Gasteiger partial charge < -0.3 is 9.88 Å². The Labute approximate surface area is 164 Å². The number of benzene rings is 2. The molecule has 1 aromatic heterocycles. The van der Waals surface area contributed by atoms with E-state index in [0.717, 1.165) is 47.7 Å². The molecule has 1 aliphatic heterocycles. The number of aromatic nitrogens is 1. The number of carbonyl (C=O) groups excluding carboxylic acids is 1. The summed E-state index contributed by atoms with van der Waals surface area (Å²) in [5.41, 5.74) is 4.22. The van der Waals surface area contributed by atoms with Gasteiger partial charge in [-0.25, -0.2) is 0 Å². The van der Waals surface area contributed by atoms with Crippen LogP contribution in [0.2, 0.25) is 5.02 Å². The third-order valence-corrected chi connectivity index (χ3v) is 5.84. The van der Waals surface area contributed by atoms with E-state index in [1.54, 1.807) is 0 Å². The Kier molecular flexibility index (Phi) is 4.94. The van der Waals surface area contributed by atoms with Gasteiger partial charge in [-0.3, -0.25) is 9.69 Å².